The van der Waals surface area contributed by atoms with Crippen LogP contribution < -0.4 is 0 Å². The lowest BCUT2D eigenvalue weighted by Gasteiger charge is -2.14. The van der Waals surface area contributed by atoms with E-state index in [9.17, 15) is 13.2 Å². The minimum Gasteiger partial charge on any atom is -0.390 e. The van der Waals surface area contributed by atoms with Crippen LogP contribution in [0.15, 0.2) is 0 Å². The Morgan fingerprint density at radius 1 is 1.31 bits per heavy atom. The van der Waals surface area contributed by atoms with Crippen LogP contribution in [0.4, 0.5) is 13.2 Å². The topological polar surface area (TPSA) is 29.5 Å². The Bertz CT molecular complexity index is 134. The molecule has 0 amide bonds. The van der Waals surface area contributed by atoms with E-state index in [0.717, 1.165) is 0 Å². The second kappa shape index (κ2) is 5.44. The fourth-order valence-electron chi connectivity index (χ4n) is 0.584. The van der Waals surface area contributed by atoms with Gasteiger partial charge in [-0.05, 0) is 5.92 Å². The fraction of sp³-hybridized carbons (Fsp3) is 1.00. The van der Waals surface area contributed by atoms with Gasteiger partial charge in [0.25, 0.3) is 0 Å². The summed E-state index contributed by atoms with van der Waals surface area (Å²) >= 11 is 0. The van der Waals surface area contributed by atoms with E-state index >= 15 is 0 Å². The number of halogens is 3. The molecule has 0 radical (unpaired) electrons. The highest BCUT2D eigenvalue weighted by molar-refractivity contribution is 4.58. The molecule has 0 rings (SSSR count). The summed E-state index contributed by atoms with van der Waals surface area (Å²) in [5.74, 6) is 0.00545. The van der Waals surface area contributed by atoms with Crippen molar-refractivity contribution in [2.24, 2.45) is 5.92 Å². The van der Waals surface area contributed by atoms with Crippen molar-refractivity contribution in [3.05, 3.63) is 0 Å². The molecular formula is C8H15F3O2. The van der Waals surface area contributed by atoms with E-state index in [4.69, 9.17) is 5.11 Å². The van der Waals surface area contributed by atoms with Crippen molar-refractivity contribution in [1.29, 1.82) is 0 Å². The third-order valence-electron chi connectivity index (χ3n) is 1.59. The molecule has 0 aromatic carbocycles. The standard InChI is InChI=1S/C8H15F3O2/c1-6(2)7(12)5-13-4-3-8(9,10)11/h6-7,12H,3-5H2,1-2H3. The van der Waals surface area contributed by atoms with Crippen LogP contribution in [-0.2, 0) is 4.74 Å². The monoisotopic (exact) mass is 200 g/mol. The average molecular weight is 200 g/mol. The Morgan fingerprint density at radius 2 is 1.85 bits per heavy atom. The van der Waals surface area contributed by atoms with Crippen LogP contribution in [0.3, 0.4) is 0 Å². The number of aliphatic hydroxyl groups excluding tert-OH is 1. The zero-order valence-electron chi connectivity index (χ0n) is 7.77. The van der Waals surface area contributed by atoms with Gasteiger partial charge in [-0.15, -0.1) is 0 Å². The van der Waals surface area contributed by atoms with Crippen LogP contribution >= 0.6 is 0 Å². The van der Waals surface area contributed by atoms with Gasteiger partial charge >= 0.3 is 6.18 Å². The molecule has 13 heavy (non-hydrogen) atoms. The molecule has 0 spiro atoms. The maximum Gasteiger partial charge on any atom is 0.391 e. The van der Waals surface area contributed by atoms with Crippen LogP contribution in [0, 0.1) is 5.92 Å². The van der Waals surface area contributed by atoms with Crippen LogP contribution in [-0.4, -0.2) is 30.6 Å². The molecule has 0 heterocycles. The Labute approximate surface area is 75.7 Å². The Kier molecular flexibility index (Phi) is 5.32. The highest BCUT2D eigenvalue weighted by Gasteiger charge is 2.26. The number of ether oxygens (including phenoxy) is 1. The lowest BCUT2D eigenvalue weighted by atomic mass is 10.1. The SMILES string of the molecule is CC(C)C(O)COCCC(F)(F)F. The lowest BCUT2D eigenvalue weighted by molar-refractivity contribution is -0.147. The van der Waals surface area contributed by atoms with Gasteiger partial charge in [-0.2, -0.15) is 13.2 Å². The Balaban J connectivity index is 3.36. The lowest BCUT2D eigenvalue weighted by Crippen LogP contribution is -2.23. The molecule has 1 N–H and O–H groups in total. The van der Waals surface area contributed by atoms with Crippen molar-refractivity contribution >= 4 is 0 Å². The molecule has 0 aliphatic heterocycles. The van der Waals surface area contributed by atoms with Crippen LogP contribution in [0.5, 0.6) is 0 Å². The molecule has 0 fully saturated rings. The quantitative estimate of drug-likeness (QED) is 0.687. The van der Waals surface area contributed by atoms with Crippen molar-refractivity contribution in [1.82, 2.24) is 0 Å². The first kappa shape index (κ1) is 12.7. The average Bonchev–Trinajstić information content (AvgIpc) is 1.95. The molecule has 1 unspecified atom stereocenters. The molecule has 0 aliphatic carbocycles. The zero-order valence-corrected chi connectivity index (χ0v) is 7.77. The maximum atomic E-state index is 11.6. The van der Waals surface area contributed by atoms with E-state index in [1.54, 1.807) is 13.8 Å². The number of hydrogen-bond acceptors (Lipinski definition) is 2. The first-order valence-corrected chi connectivity index (χ1v) is 4.15. The van der Waals surface area contributed by atoms with Crippen molar-refractivity contribution in [2.45, 2.75) is 32.5 Å². The summed E-state index contributed by atoms with van der Waals surface area (Å²) in [7, 11) is 0. The van der Waals surface area contributed by atoms with Gasteiger partial charge in [0.05, 0.1) is 25.7 Å². The van der Waals surface area contributed by atoms with Gasteiger partial charge in [0.2, 0.25) is 0 Å². The molecule has 0 saturated heterocycles. The van der Waals surface area contributed by atoms with Crippen molar-refractivity contribution in [3.63, 3.8) is 0 Å². The number of rotatable bonds is 5. The summed E-state index contributed by atoms with van der Waals surface area (Å²) in [6.45, 7) is 3.14. The summed E-state index contributed by atoms with van der Waals surface area (Å²) in [6.07, 6.45) is -5.83. The van der Waals surface area contributed by atoms with Crippen LogP contribution in [0.1, 0.15) is 20.3 Å². The van der Waals surface area contributed by atoms with E-state index in [-0.39, 0.29) is 19.1 Å². The molecule has 2 nitrogen and oxygen atoms in total. The first-order chi connectivity index (χ1) is 5.83. The summed E-state index contributed by atoms with van der Waals surface area (Å²) in [6, 6.07) is 0. The minimum absolute atomic E-state index is 0.00545. The molecule has 5 heteroatoms. The van der Waals surface area contributed by atoms with Gasteiger partial charge in [-0.3, -0.25) is 0 Å². The van der Waals surface area contributed by atoms with Crippen molar-refractivity contribution < 1.29 is 23.0 Å². The van der Waals surface area contributed by atoms with E-state index in [1.807, 2.05) is 0 Å². The van der Waals surface area contributed by atoms with Gasteiger partial charge in [-0.1, -0.05) is 13.8 Å². The number of alkyl halides is 3. The predicted molar refractivity (Wildman–Crippen MR) is 42.3 cm³/mol. The molecule has 0 bridgehead atoms. The van der Waals surface area contributed by atoms with E-state index < -0.39 is 18.7 Å². The first-order valence-electron chi connectivity index (χ1n) is 4.15. The minimum atomic E-state index is -4.18. The van der Waals surface area contributed by atoms with Crippen molar-refractivity contribution in [3.8, 4) is 0 Å². The Morgan fingerprint density at radius 3 is 2.23 bits per heavy atom. The molecular weight excluding hydrogens is 185 g/mol. The third kappa shape index (κ3) is 8.05. The van der Waals surface area contributed by atoms with Gasteiger partial charge in [0.1, 0.15) is 0 Å². The summed E-state index contributed by atoms with van der Waals surface area (Å²) in [4.78, 5) is 0. The maximum absolute atomic E-state index is 11.6. The Hall–Kier alpha value is -0.290. The molecule has 0 aromatic rings. The van der Waals surface area contributed by atoms with Gasteiger partial charge in [0.15, 0.2) is 0 Å². The highest BCUT2D eigenvalue weighted by atomic mass is 19.4. The molecule has 0 saturated carbocycles. The normalized spacial score (nSPS) is 15.0. The molecule has 0 aliphatic rings. The van der Waals surface area contributed by atoms with Gasteiger partial charge < -0.3 is 9.84 Å². The van der Waals surface area contributed by atoms with Crippen LogP contribution in [0.2, 0.25) is 0 Å². The van der Waals surface area contributed by atoms with Crippen molar-refractivity contribution in [2.75, 3.05) is 13.2 Å². The fourth-order valence-corrected chi connectivity index (χ4v) is 0.584. The van der Waals surface area contributed by atoms with E-state index in [0.29, 0.717) is 0 Å². The van der Waals surface area contributed by atoms with Crippen LogP contribution in [0.25, 0.3) is 0 Å². The van der Waals surface area contributed by atoms with E-state index in [1.165, 1.54) is 0 Å². The summed E-state index contributed by atoms with van der Waals surface area (Å²) in [5.41, 5.74) is 0. The number of aliphatic hydroxyl groups is 1. The highest BCUT2D eigenvalue weighted by Crippen LogP contribution is 2.19. The molecule has 0 aromatic heterocycles. The smallest absolute Gasteiger partial charge is 0.390 e. The zero-order chi connectivity index (χ0) is 10.5. The van der Waals surface area contributed by atoms with E-state index in [2.05, 4.69) is 4.74 Å². The molecule has 1 atom stereocenters. The summed E-state index contributed by atoms with van der Waals surface area (Å²) in [5, 5.41) is 9.15. The summed E-state index contributed by atoms with van der Waals surface area (Å²) < 4.78 is 39.5. The second-order valence-corrected chi connectivity index (χ2v) is 3.25. The third-order valence-corrected chi connectivity index (χ3v) is 1.59. The predicted octanol–water partition coefficient (Wildman–Crippen LogP) is 1.97. The molecule has 80 valence electrons. The largest absolute Gasteiger partial charge is 0.391 e. The number of hydrogen-bond donors (Lipinski definition) is 1. The van der Waals surface area contributed by atoms with Gasteiger partial charge in [0, 0.05) is 0 Å². The van der Waals surface area contributed by atoms with Gasteiger partial charge in [-0.25, -0.2) is 0 Å². The second-order valence-electron chi connectivity index (χ2n) is 3.25.